The van der Waals surface area contributed by atoms with Crippen LogP contribution in [-0.2, 0) is 7.05 Å². The molecule has 0 atom stereocenters. The number of piperazine rings is 1. The molecule has 24 heavy (non-hydrogen) atoms. The molecule has 124 valence electrons. The molecule has 1 saturated heterocycles. The highest BCUT2D eigenvalue weighted by Crippen LogP contribution is 2.24. The van der Waals surface area contributed by atoms with Crippen molar-refractivity contribution in [2.45, 2.75) is 0 Å². The van der Waals surface area contributed by atoms with Crippen LogP contribution in [0.15, 0.2) is 30.6 Å². The van der Waals surface area contributed by atoms with E-state index >= 15 is 0 Å². The van der Waals surface area contributed by atoms with Crippen LogP contribution in [0.25, 0.3) is 10.9 Å². The van der Waals surface area contributed by atoms with E-state index < -0.39 is 0 Å². The number of carbonyl (C=O) groups excluding carboxylic acids is 1. The minimum Gasteiger partial charge on any atom is -0.340 e. The number of fused-ring (bicyclic) bond motifs is 1. The third-order valence-electron chi connectivity index (χ3n) is 4.50. The molecule has 1 N–H and O–H groups in total. The van der Waals surface area contributed by atoms with E-state index in [4.69, 9.17) is 11.6 Å². The van der Waals surface area contributed by atoms with E-state index in [1.807, 2.05) is 40.8 Å². The number of anilines is 1. The van der Waals surface area contributed by atoms with Crippen LogP contribution in [0.2, 0.25) is 5.02 Å². The molecule has 0 unspecified atom stereocenters. The molecule has 2 aromatic heterocycles. The van der Waals surface area contributed by atoms with E-state index in [1.165, 1.54) is 6.33 Å². The Hall–Kier alpha value is -2.54. The number of hydrogen-bond acceptors (Lipinski definition) is 4. The maximum atomic E-state index is 12.9. The summed E-state index contributed by atoms with van der Waals surface area (Å²) in [5.41, 5.74) is 1.64. The first-order chi connectivity index (χ1) is 11.6. The Labute approximate surface area is 143 Å². The molecule has 0 saturated carbocycles. The van der Waals surface area contributed by atoms with Gasteiger partial charge in [0.05, 0.1) is 0 Å². The third-order valence-corrected chi connectivity index (χ3v) is 4.73. The van der Waals surface area contributed by atoms with Crippen LogP contribution in [0.3, 0.4) is 0 Å². The molecule has 0 aliphatic carbocycles. The molecular weight excluding hydrogens is 328 g/mol. The molecule has 1 fully saturated rings. The highest BCUT2D eigenvalue weighted by molar-refractivity contribution is 6.31. The number of aromatic nitrogens is 4. The Morgan fingerprint density at radius 3 is 2.71 bits per heavy atom. The number of aryl methyl sites for hydroxylation is 1. The summed E-state index contributed by atoms with van der Waals surface area (Å²) in [5, 5.41) is 8.42. The van der Waals surface area contributed by atoms with Crippen LogP contribution < -0.4 is 4.90 Å². The fraction of sp³-hybridized carbons (Fsp3) is 0.312. The molecule has 8 heteroatoms. The van der Waals surface area contributed by atoms with Crippen molar-refractivity contribution in [1.29, 1.82) is 0 Å². The van der Waals surface area contributed by atoms with Crippen molar-refractivity contribution in [2.24, 2.45) is 7.05 Å². The highest BCUT2D eigenvalue weighted by Gasteiger charge is 2.25. The fourth-order valence-corrected chi connectivity index (χ4v) is 3.31. The standard InChI is InChI=1S/C16H17ClN6O/c1-21-13-9-12(17)3-2-11(13)8-14(21)15(24)22-4-6-23(7-5-22)16-18-10-19-20-16/h2-3,8-10H,4-7H2,1H3,(H,18,19,20). The van der Waals surface area contributed by atoms with Gasteiger partial charge in [-0.05, 0) is 18.2 Å². The molecule has 3 heterocycles. The first-order valence-corrected chi connectivity index (χ1v) is 8.16. The van der Waals surface area contributed by atoms with E-state index in [9.17, 15) is 4.79 Å². The van der Waals surface area contributed by atoms with Crippen molar-refractivity contribution in [3.63, 3.8) is 0 Å². The van der Waals surface area contributed by atoms with Gasteiger partial charge >= 0.3 is 0 Å². The number of hydrogen-bond donors (Lipinski definition) is 1. The fourth-order valence-electron chi connectivity index (χ4n) is 3.14. The predicted octanol–water partition coefficient (Wildman–Crippen LogP) is 1.91. The number of rotatable bonds is 2. The zero-order valence-corrected chi connectivity index (χ0v) is 14.0. The first kappa shape index (κ1) is 15.0. The number of H-pyrrole nitrogens is 1. The van der Waals surface area contributed by atoms with E-state index in [0.717, 1.165) is 29.9 Å². The van der Waals surface area contributed by atoms with Crippen LogP contribution in [-0.4, -0.2) is 56.7 Å². The summed E-state index contributed by atoms with van der Waals surface area (Å²) in [6.45, 7) is 2.77. The second-order valence-electron chi connectivity index (χ2n) is 5.88. The molecule has 4 rings (SSSR count). The lowest BCUT2D eigenvalue weighted by Gasteiger charge is -2.34. The minimum atomic E-state index is 0.0436. The molecule has 1 amide bonds. The molecule has 3 aromatic rings. The van der Waals surface area contributed by atoms with E-state index in [0.29, 0.717) is 23.8 Å². The van der Waals surface area contributed by atoms with Gasteiger partial charge < -0.3 is 14.4 Å². The Morgan fingerprint density at radius 1 is 1.21 bits per heavy atom. The van der Waals surface area contributed by atoms with Crippen LogP contribution in [0, 0.1) is 0 Å². The van der Waals surface area contributed by atoms with Crippen LogP contribution in [0.5, 0.6) is 0 Å². The molecule has 1 aromatic carbocycles. The maximum absolute atomic E-state index is 12.9. The SMILES string of the molecule is Cn1c(C(=O)N2CCN(c3ncn[nH]3)CC2)cc2ccc(Cl)cc21. The van der Waals surface area contributed by atoms with Gasteiger partial charge in [-0.2, -0.15) is 10.1 Å². The Balaban J connectivity index is 1.53. The molecule has 0 radical (unpaired) electrons. The number of halogens is 1. The van der Waals surface area contributed by atoms with Crippen LogP contribution in [0.4, 0.5) is 5.95 Å². The Kier molecular flexibility index (Phi) is 3.65. The van der Waals surface area contributed by atoms with Gasteiger partial charge in [-0.1, -0.05) is 17.7 Å². The molecule has 0 spiro atoms. The number of aromatic amines is 1. The van der Waals surface area contributed by atoms with Gasteiger partial charge in [-0.15, -0.1) is 0 Å². The van der Waals surface area contributed by atoms with E-state index in [2.05, 4.69) is 20.1 Å². The minimum absolute atomic E-state index is 0.0436. The zero-order valence-electron chi connectivity index (χ0n) is 13.2. The second kappa shape index (κ2) is 5.83. The highest BCUT2D eigenvalue weighted by atomic mass is 35.5. The van der Waals surface area contributed by atoms with Crippen molar-refractivity contribution < 1.29 is 4.79 Å². The molecular formula is C16H17ClN6O. The molecule has 1 aliphatic heterocycles. The monoisotopic (exact) mass is 344 g/mol. The largest absolute Gasteiger partial charge is 0.340 e. The van der Waals surface area contributed by atoms with Crippen LogP contribution >= 0.6 is 11.6 Å². The lowest BCUT2D eigenvalue weighted by molar-refractivity contribution is 0.0737. The van der Waals surface area contributed by atoms with Gasteiger partial charge in [0, 0.05) is 49.2 Å². The number of nitrogens with zero attached hydrogens (tertiary/aromatic N) is 5. The maximum Gasteiger partial charge on any atom is 0.270 e. The normalized spacial score (nSPS) is 15.2. The van der Waals surface area contributed by atoms with Crippen molar-refractivity contribution in [2.75, 3.05) is 31.1 Å². The van der Waals surface area contributed by atoms with Gasteiger partial charge in [0.25, 0.3) is 5.91 Å². The Bertz CT molecular complexity index is 879. The van der Waals surface area contributed by atoms with Gasteiger partial charge in [-0.3, -0.25) is 4.79 Å². The van der Waals surface area contributed by atoms with Crippen molar-refractivity contribution in [3.05, 3.63) is 41.3 Å². The average molecular weight is 345 g/mol. The summed E-state index contributed by atoms with van der Waals surface area (Å²) in [4.78, 5) is 21.0. The van der Waals surface area contributed by atoms with Crippen molar-refractivity contribution in [3.8, 4) is 0 Å². The molecule has 1 aliphatic rings. The Morgan fingerprint density at radius 2 is 2.00 bits per heavy atom. The lowest BCUT2D eigenvalue weighted by Crippen LogP contribution is -2.49. The van der Waals surface area contributed by atoms with Gasteiger partial charge in [0.1, 0.15) is 12.0 Å². The number of benzene rings is 1. The van der Waals surface area contributed by atoms with Crippen molar-refractivity contribution >= 4 is 34.4 Å². The predicted molar refractivity (Wildman–Crippen MR) is 92.4 cm³/mol. The lowest BCUT2D eigenvalue weighted by atomic mass is 10.2. The number of amides is 1. The summed E-state index contributed by atoms with van der Waals surface area (Å²) in [5.74, 6) is 0.795. The van der Waals surface area contributed by atoms with Crippen LogP contribution in [0.1, 0.15) is 10.5 Å². The summed E-state index contributed by atoms with van der Waals surface area (Å²) in [7, 11) is 1.90. The van der Waals surface area contributed by atoms with E-state index in [-0.39, 0.29) is 5.91 Å². The first-order valence-electron chi connectivity index (χ1n) is 7.78. The molecule has 7 nitrogen and oxygen atoms in total. The van der Waals surface area contributed by atoms with Gasteiger partial charge in [0.15, 0.2) is 0 Å². The summed E-state index contributed by atoms with van der Waals surface area (Å²) in [6, 6.07) is 7.59. The van der Waals surface area contributed by atoms with E-state index in [1.54, 1.807) is 0 Å². The number of carbonyl (C=O) groups is 1. The summed E-state index contributed by atoms with van der Waals surface area (Å²) in [6.07, 6.45) is 1.49. The third kappa shape index (κ3) is 2.50. The van der Waals surface area contributed by atoms with Gasteiger partial charge in [0.2, 0.25) is 5.95 Å². The quantitative estimate of drug-likeness (QED) is 0.771. The smallest absolute Gasteiger partial charge is 0.270 e. The zero-order chi connectivity index (χ0) is 16.7. The number of nitrogens with one attached hydrogen (secondary N) is 1. The topological polar surface area (TPSA) is 70.1 Å². The summed E-state index contributed by atoms with van der Waals surface area (Å²) < 4.78 is 1.91. The molecule has 0 bridgehead atoms. The van der Waals surface area contributed by atoms with Gasteiger partial charge in [-0.25, -0.2) is 5.10 Å². The average Bonchev–Trinajstić information content (AvgIpc) is 3.24. The summed E-state index contributed by atoms with van der Waals surface area (Å²) >= 11 is 6.06. The van der Waals surface area contributed by atoms with Crippen molar-refractivity contribution in [1.82, 2.24) is 24.6 Å². The second-order valence-corrected chi connectivity index (χ2v) is 6.32.